The molecule has 1 amide bonds. The molecule has 16 heavy (non-hydrogen) atoms. The molecule has 84 valence electrons. The first-order chi connectivity index (χ1) is 7.66. The van der Waals surface area contributed by atoms with Crippen molar-refractivity contribution in [3.63, 3.8) is 0 Å². The van der Waals surface area contributed by atoms with E-state index in [1.165, 1.54) is 0 Å². The molecule has 0 aromatic heterocycles. The van der Waals surface area contributed by atoms with Crippen molar-refractivity contribution < 1.29 is 4.79 Å². The van der Waals surface area contributed by atoms with E-state index in [1.807, 2.05) is 31.2 Å². The molecule has 1 saturated carbocycles. The smallest absolute Gasteiger partial charge is 0.243 e. The summed E-state index contributed by atoms with van der Waals surface area (Å²) in [6.07, 6.45) is 1.98. The quantitative estimate of drug-likeness (QED) is 0.458. The van der Waals surface area contributed by atoms with E-state index in [9.17, 15) is 4.79 Å². The average molecular weight is 217 g/mol. The molecular weight excluding hydrogens is 202 g/mol. The number of anilines is 1. The highest BCUT2D eigenvalue weighted by molar-refractivity contribution is 5.99. The molecule has 0 radical (unpaired) electrons. The number of hydrogen-bond acceptors (Lipinski definition) is 3. The van der Waals surface area contributed by atoms with Crippen LogP contribution < -0.4 is 11.2 Å². The van der Waals surface area contributed by atoms with Crippen LogP contribution in [0.5, 0.6) is 0 Å². The number of hydrogen-bond donors (Lipinski definition) is 2. The molecule has 2 rings (SSSR count). The Morgan fingerprint density at radius 2 is 2.00 bits per heavy atom. The van der Waals surface area contributed by atoms with Gasteiger partial charge in [-0.2, -0.15) is 5.10 Å². The Balaban J connectivity index is 2.00. The van der Waals surface area contributed by atoms with Crippen LogP contribution in [0.1, 0.15) is 25.3 Å². The molecule has 0 unspecified atom stereocenters. The van der Waals surface area contributed by atoms with Gasteiger partial charge < -0.3 is 5.73 Å². The molecule has 4 heteroatoms. The SMILES string of the molecule is C/C(=N\NC(=O)C1CC1)c1ccc(N)cc1. The van der Waals surface area contributed by atoms with E-state index in [0.29, 0.717) is 0 Å². The predicted octanol–water partition coefficient (Wildman–Crippen LogP) is 1.52. The van der Waals surface area contributed by atoms with Gasteiger partial charge in [0.2, 0.25) is 5.91 Å². The van der Waals surface area contributed by atoms with E-state index in [-0.39, 0.29) is 11.8 Å². The van der Waals surface area contributed by atoms with E-state index < -0.39 is 0 Å². The first kappa shape index (κ1) is 10.7. The second-order valence-electron chi connectivity index (χ2n) is 4.07. The fraction of sp³-hybridized carbons (Fsp3) is 0.333. The van der Waals surface area contributed by atoms with Crippen molar-refractivity contribution in [2.45, 2.75) is 19.8 Å². The zero-order chi connectivity index (χ0) is 11.5. The lowest BCUT2D eigenvalue weighted by molar-refractivity contribution is -0.122. The molecule has 1 fully saturated rings. The number of nitrogens with zero attached hydrogens (tertiary/aromatic N) is 1. The summed E-state index contributed by atoms with van der Waals surface area (Å²) in [5.74, 6) is 0.206. The minimum atomic E-state index is 0.0230. The third kappa shape index (κ3) is 2.59. The van der Waals surface area contributed by atoms with Crippen LogP contribution in [0.3, 0.4) is 0 Å². The van der Waals surface area contributed by atoms with E-state index in [2.05, 4.69) is 10.5 Å². The van der Waals surface area contributed by atoms with Gasteiger partial charge in [-0.05, 0) is 37.5 Å². The van der Waals surface area contributed by atoms with Crippen molar-refractivity contribution in [2.24, 2.45) is 11.0 Å². The Bertz CT molecular complexity index is 418. The molecular formula is C12H15N3O. The number of carbonyl (C=O) groups excluding carboxylic acids is 1. The van der Waals surface area contributed by atoms with Crippen molar-refractivity contribution in [2.75, 3.05) is 5.73 Å². The summed E-state index contributed by atoms with van der Waals surface area (Å²) in [6.45, 7) is 1.86. The number of hydrazone groups is 1. The van der Waals surface area contributed by atoms with Gasteiger partial charge in [0, 0.05) is 11.6 Å². The maximum atomic E-state index is 11.4. The van der Waals surface area contributed by atoms with Crippen LogP contribution in [0.4, 0.5) is 5.69 Å². The van der Waals surface area contributed by atoms with Gasteiger partial charge in [-0.1, -0.05) is 12.1 Å². The van der Waals surface area contributed by atoms with Gasteiger partial charge in [-0.25, -0.2) is 5.43 Å². The Kier molecular flexibility index (Phi) is 2.90. The second-order valence-corrected chi connectivity index (χ2v) is 4.07. The number of rotatable bonds is 3. The molecule has 0 bridgehead atoms. The highest BCUT2D eigenvalue weighted by atomic mass is 16.2. The van der Waals surface area contributed by atoms with Crippen molar-refractivity contribution in [3.8, 4) is 0 Å². The van der Waals surface area contributed by atoms with Gasteiger partial charge >= 0.3 is 0 Å². The maximum Gasteiger partial charge on any atom is 0.243 e. The summed E-state index contributed by atoms with van der Waals surface area (Å²) >= 11 is 0. The molecule has 3 N–H and O–H groups in total. The summed E-state index contributed by atoms with van der Waals surface area (Å²) in [7, 11) is 0. The number of carbonyl (C=O) groups is 1. The summed E-state index contributed by atoms with van der Waals surface area (Å²) in [5, 5.41) is 4.06. The first-order valence-corrected chi connectivity index (χ1v) is 5.37. The van der Waals surface area contributed by atoms with Crippen LogP contribution in [-0.4, -0.2) is 11.6 Å². The fourth-order valence-electron chi connectivity index (χ4n) is 1.36. The van der Waals surface area contributed by atoms with Crippen molar-refractivity contribution >= 4 is 17.3 Å². The minimum Gasteiger partial charge on any atom is -0.399 e. The van der Waals surface area contributed by atoms with Gasteiger partial charge in [0.1, 0.15) is 0 Å². The Morgan fingerprint density at radius 3 is 2.56 bits per heavy atom. The minimum absolute atomic E-state index is 0.0230. The maximum absolute atomic E-state index is 11.4. The summed E-state index contributed by atoms with van der Waals surface area (Å²) < 4.78 is 0. The second kappa shape index (κ2) is 4.35. The van der Waals surface area contributed by atoms with E-state index >= 15 is 0 Å². The van der Waals surface area contributed by atoms with Gasteiger partial charge in [-0.15, -0.1) is 0 Å². The van der Waals surface area contributed by atoms with Crippen LogP contribution in [0.2, 0.25) is 0 Å². The molecule has 0 atom stereocenters. The number of nitrogen functional groups attached to an aromatic ring is 1. The third-order valence-electron chi connectivity index (χ3n) is 2.61. The summed E-state index contributed by atoms with van der Waals surface area (Å²) in [4.78, 5) is 11.4. The molecule has 1 aliphatic carbocycles. The van der Waals surface area contributed by atoms with Gasteiger partial charge in [0.15, 0.2) is 0 Å². The van der Waals surface area contributed by atoms with Crippen molar-refractivity contribution in [1.29, 1.82) is 0 Å². The molecule has 1 aromatic rings. The highest BCUT2D eigenvalue weighted by Gasteiger charge is 2.29. The lowest BCUT2D eigenvalue weighted by Gasteiger charge is -2.02. The number of amides is 1. The standard InChI is InChI=1S/C12H15N3O/c1-8(9-4-6-11(13)7-5-9)14-15-12(16)10-2-3-10/h4-7,10H,2-3,13H2,1H3,(H,15,16)/b14-8+. The van der Waals surface area contributed by atoms with E-state index in [0.717, 1.165) is 29.8 Å². The van der Waals surface area contributed by atoms with Crippen molar-refractivity contribution in [3.05, 3.63) is 29.8 Å². The molecule has 0 aliphatic heterocycles. The largest absolute Gasteiger partial charge is 0.399 e. The molecule has 1 aromatic carbocycles. The molecule has 0 heterocycles. The van der Waals surface area contributed by atoms with Crippen LogP contribution in [-0.2, 0) is 4.79 Å². The zero-order valence-electron chi connectivity index (χ0n) is 9.23. The number of nitrogens with one attached hydrogen (secondary N) is 1. The normalized spacial score (nSPS) is 15.9. The van der Waals surface area contributed by atoms with Gasteiger partial charge in [0.05, 0.1) is 5.71 Å². The highest BCUT2D eigenvalue weighted by Crippen LogP contribution is 2.28. The molecule has 0 spiro atoms. The Morgan fingerprint density at radius 1 is 1.38 bits per heavy atom. The Labute approximate surface area is 94.5 Å². The zero-order valence-corrected chi connectivity index (χ0v) is 9.23. The topological polar surface area (TPSA) is 67.5 Å². The monoisotopic (exact) mass is 217 g/mol. The van der Waals surface area contributed by atoms with E-state index in [4.69, 9.17) is 5.73 Å². The summed E-state index contributed by atoms with van der Waals surface area (Å²) in [5.41, 5.74) is 10.6. The van der Waals surface area contributed by atoms with Crippen LogP contribution in [0.15, 0.2) is 29.4 Å². The van der Waals surface area contributed by atoms with Crippen molar-refractivity contribution in [1.82, 2.24) is 5.43 Å². The lowest BCUT2D eigenvalue weighted by Crippen LogP contribution is -2.20. The van der Waals surface area contributed by atoms with Gasteiger partial charge in [-0.3, -0.25) is 4.79 Å². The molecule has 4 nitrogen and oxygen atoms in total. The predicted molar refractivity (Wildman–Crippen MR) is 63.9 cm³/mol. The summed E-state index contributed by atoms with van der Waals surface area (Å²) in [6, 6.07) is 7.41. The van der Waals surface area contributed by atoms with E-state index in [1.54, 1.807) is 0 Å². The first-order valence-electron chi connectivity index (χ1n) is 5.37. The number of nitrogens with two attached hydrogens (primary N) is 1. The van der Waals surface area contributed by atoms with Crippen LogP contribution in [0.25, 0.3) is 0 Å². The molecule has 1 aliphatic rings. The van der Waals surface area contributed by atoms with Crippen LogP contribution >= 0.6 is 0 Å². The third-order valence-corrected chi connectivity index (χ3v) is 2.61. The lowest BCUT2D eigenvalue weighted by atomic mass is 10.1. The van der Waals surface area contributed by atoms with Crippen LogP contribution in [0, 0.1) is 5.92 Å². The fourth-order valence-corrected chi connectivity index (χ4v) is 1.36. The average Bonchev–Trinajstić information content (AvgIpc) is 3.10. The van der Waals surface area contributed by atoms with Gasteiger partial charge in [0.25, 0.3) is 0 Å². The number of benzene rings is 1. The molecule has 0 saturated heterocycles. The Hall–Kier alpha value is -1.84.